The number of carboxylic acid groups (broad SMARTS) is 2. The summed E-state index contributed by atoms with van der Waals surface area (Å²) in [6.45, 7) is 1.30. The third kappa shape index (κ3) is 3.09. The highest BCUT2D eigenvalue weighted by Crippen LogP contribution is 2.34. The molecule has 21 heavy (non-hydrogen) atoms. The van der Waals surface area contributed by atoms with Crippen molar-refractivity contribution in [2.45, 2.75) is 25.0 Å². The highest BCUT2D eigenvalue weighted by Gasteiger charge is 2.32. The van der Waals surface area contributed by atoms with E-state index in [-0.39, 0.29) is 23.3 Å². The van der Waals surface area contributed by atoms with Gasteiger partial charge < -0.3 is 19.7 Å². The van der Waals surface area contributed by atoms with E-state index in [2.05, 4.69) is 15.9 Å². The molecule has 0 bridgehead atoms. The van der Waals surface area contributed by atoms with Gasteiger partial charge in [-0.1, -0.05) is 0 Å². The van der Waals surface area contributed by atoms with E-state index in [4.69, 9.17) is 9.47 Å². The summed E-state index contributed by atoms with van der Waals surface area (Å²) >= 11 is 3.28. The topological polar surface area (TPSA) is 99.7 Å². The molecule has 2 atom stereocenters. The number of hydrogen-bond donors (Lipinski definition) is 2. The van der Waals surface area contributed by atoms with E-state index >= 15 is 0 Å². The molecule has 2 fully saturated rings. The SMILES string of the molecule is O=C(O)c1cc(CC2CO2)c(CC2CO2)c(Br)c1C(=O)O. The quantitative estimate of drug-likeness (QED) is 0.753. The van der Waals surface area contributed by atoms with Crippen molar-refractivity contribution in [3.05, 3.63) is 32.8 Å². The average molecular weight is 357 g/mol. The molecule has 0 aromatic heterocycles. The van der Waals surface area contributed by atoms with Crippen LogP contribution in [0, 0.1) is 0 Å². The predicted molar refractivity (Wildman–Crippen MR) is 74.9 cm³/mol. The van der Waals surface area contributed by atoms with Gasteiger partial charge in [-0.25, -0.2) is 9.59 Å². The second-order valence-corrected chi connectivity index (χ2v) is 5.97. The number of carbonyl (C=O) groups is 2. The van der Waals surface area contributed by atoms with E-state index < -0.39 is 11.9 Å². The van der Waals surface area contributed by atoms with Crippen molar-refractivity contribution in [2.75, 3.05) is 13.2 Å². The van der Waals surface area contributed by atoms with Crippen molar-refractivity contribution in [3.8, 4) is 0 Å². The Balaban J connectivity index is 2.11. The van der Waals surface area contributed by atoms with Gasteiger partial charge >= 0.3 is 11.9 Å². The molecular formula is C14H13BrO6. The molecule has 2 aliphatic rings. The molecule has 2 aliphatic heterocycles. The smallest absolute Gasteiger partial charge is 0.337 e. The van der Waals surface area contributed by atoms with Crippen LogP contribution in [0.3, 0.4) is 0 Å². The summed E-state index contributed by atoms with van der Waals surface area (Å²) in [5.41, 5.74) is 1.20. The zero-order valence-electron chi connectivity index (χ0n) is 11.0. The highest BCUT2D eigenvalue weighted by atomic mass is 79.9. The number of aromatic carboxylic acids is 2. The van der Waals surface area contributed by atoms with Crippen molar-refractivity contribution in [1.82, 2.24) is 0 Å². The Bertz CT molecular complexity index is 618. The molecule has 2 unspecified atom stereocenters. The van der Waals surface area contributed by atoms with Crippen LogP contribution in [0.1, 0.15) is 31.8 Å². The van der Waals surface area contributed by atoms with Gasteiger partial charge in [-0.3, -0.25) is 0 Å². The van der Waals surface area contributed by atoms with Crippen LogP contribution in [-0.4, -0.2) is 47.6 Å². The van der Waals surface area contributed by atoms with Crippen LogP contribution in [0.25, 0.3) is 0 Å². The fourth-order valence-electron chi connectivity index (χ4n) is 2.37. The molecule has 2 saturated heterocycles. The van der Waals surface area contributed by atoms with E-state index in [0.717, 1.165) is 11.1 Å². The Labute approximate surface area is 128 Å². The molecule has 0 spiro atoms. The number of halogens is 1. The van der Waals surface area contributed by atoms with Crippen molar-refractivity contribution >= 4 is 27.9 Å². The van der Waals surface area contributed by atoms with Crippen LogP contribution in [0.5, 0.6) is 0 Å². The van der Waals surface area contributed by atoms with Crippen molar-refractivity contribution in [2.24, 2.45) is 0 Å². The number of carboxylic acids is 2. The summed E-state index contributed by atoms with van der Waals surface area (Å²) in [6, 6.07) is 1.45. The largest absolute Gasteiger partial charge is 0.478 e. The molecule has 3 rings (SSSR count). The first-order chi connectivity index (χ1) is 9.97. The molecule has 0 aliphatic carbocycles. The van der Waals surface area contributed by atoms with E-state index in [0.29, 0.717) is 30.5 Å². The minimum absolute atomic E-state index is 0.0810. The van der Waals surface area contributed by atoms with Crippen molar-refractivity contribution in [1.29, 1.82) is 0 Å². The second kappa shape index (κ2) is 5.40. The van der Waals surface area contributed by atoms with Gasteiger partial charge in [0, 0.05) is 17.3 Å². The molecule has 6 nitrogen and oxygen atoms in total. The number of epoxide rings is 2. The summed E-state index contributed by atoms with van der Waals surface area (Å²) in [6.07, 6.45) is 1.33. The second-order valence-electron chi connectivity index (χ2n) is 5.18. The third-order valence-electron chi connectivity index (χ3n) is 3.59. The summed E-state index contributed by atoms with van der Waals surface area (Å²) in [5.74, 6) is -2.51. The van der Waals surface area contributed by atoms with Gasteiger partial charge in [0.05, 0.1) is 36.5 Å². The summed E-state index contributed by atoms with van der Waals surface area (Å²) in [5, 5.41) is 18.6. The van der Waals surface area contributed by atoms with Crippen LogP contribution in [-0.2, 0) is 22.3 Å². The molecule has 0 saturated carbocycles. The zero-order chi connectivity index (χ0) is 15.1. The molecule has 7 heteroatoms. The maximum Gasteiger partial charge on any atom is 0.337 e. The maximum atomic E-state index is 11.4. The van der Waals surface area contributed by atoms with Crippen LogP contribution in [0.4, 0.5) is 0 Å². The zero-order valence-corrected chi connectivity index (χ0v) is 12.6. The maximum absolute atomic E-state index is 11.4. The summed E-state index contributed by atoms with van der Waals surface area (Å²) in [4.78, 5) is 22.7. The minimum atomic E-state index is -1.26. The first-order valence-electron chi connectivity index (χ1n) is 6.51. The lowest BCUT2D eigenvalue weighted by Crippen LogP contribution is -2.14. The van der Waals surface area contributed by atoms with E-state index in [9.17, 15) is 19.8 Å². The fraction of sp³-hybridized carbons (Fsp3) is 0.429. The number of rotatable bonds is 6. The summed E-state index contributed by atoms with van der Waals surface area (Å²) in [7, 11) is 0. The van der Waals surface area contributed by atoms with Crippen molar-refractivity contribution < 1.29 is 29.3 Å². The molecule has 1 aromatic rings. The van der Waals surface area contributed by atoms with E-state index in [1.165, 1.54) is 6.07 Å². The molecule has 2 N–H and O–H groups in total. The first-order valence-corrected chi connectivity index (χ1v) is 7.30. The van der Waals surface area contributed by atoms with Crippen LogP contribution in [0.2, 0.25) is 0 Å². The molecule has 112 valence electrons. The molecule has 1 aromatic carbocycles. The summed E-state index contributed by atoms with van der Waals surface area (Å²) < 4.78 is 10.7. The van der Waals surface area contributed by atoms with E-state index in [1.807, 2.05) is 0 Å². The number of hydrogen-bond acceptors (Lipinski definition) is 4. The first kappa shape index (κ1) is 14.5. The van der Waals surface area contributed by atoms with Gasteiger partial charge in [-0.15, -0.1) is 0 Å². The van der Waals surface area contributed by atoms with Gasteiger partial charge in [0.1, 0.15) is 0 Å². The van der Waals surface area contributed by atoms with Gasteiger partial charge in [-0.05, 0) is 33.1 Å². The Morgan fingerprint density at radius 3 is 2.19 bits per heavy atom. The molecular weight excluding hydrogens is 344 g/mol. The van der Waals surface area contributed by atoms with Crippen LogP contribution < -0.4 is 0 Å². The van der Waals surface area contributed by atoms with E-state index in [1.54, 1.807) is 0 Å². The van der Waals surface area contributed by atoms with Gasteiger partial charge in [0.2, 0.25) is 0 Å². The predicted octanol–water partition coefficient (Wildman–Crippen LogP) is 1.73. The standard InChI is InChI=1S/C14H13BrO6/c15-12-9(3-8-5-21-8)6(1-7-4-20-7)2-10(13(16)17)11(12)14(18)19/h2,7-8H,1,3-5H2,(H,16,17)(H,18,19). The van der Waals surface area contributed by atoms with Crippen LogP contribution in [0.15, 0.2) is 10.5 Å². The average Bonchev–Trinajstić information content (AvgIpc) is 3.27. The van der Waals surface area contributed by atoms with Gasteiger partial charge in [-0.2, -0.15) is 0 Å². The third-order valence-corrected chi connectivity index (χ3v) is 4.46. The highest BCUT2D eigenvalue weighted by molar-refractivity contribution is 9.10. The Morgan fingerprint density at radius 1 is 1.14 bits per heavy atom. The molecule has 0 radical (unpaired) electrons. The Hall–Kier alpha value is -1.44. The van der Waals surface area contributed by atoms with Crippen LogP contribution >= 0.6 is 15.9 Å². The molecule has 2 heterocycles. The number of benzene rings is 1. The molecule has 0 amide bonds. The fourth-order valence-corrected chi connectivity index (χ4v) is 3.17. The monoisotopic (exact) mass is 356 g/mol. The van der Waals surface area contributed by atoms with Gasteiger partial charge in [0.15, 0.2) is 0 Å². The Morgan fingerprint density at radius 2 is 1.71 bits per heavy atom. The lowest BCUT2D eigenvalue weighted by atomic mass is 9.93. The lowest BCUT2D eigenvalue weighted by Gasteiger charge is -2.15. The normalized spacial score (nSPS) is 22.9. The van der Waals surface area contributed by atoms with Crippen molar-refractivity contribution in [3.63, 3.8) is 0 Å². The Kier molecular flexibility index (Phi) is 3.73. The minimum Gasteiger partial charge on any atom is -0.478 e. The number of ether oxygens (including phenoxy) is 2. The van der Waals surface area contributed by atoms with Gasteiger partial charge in [0.25, 0.3) is 0 Å². The lowest BCUT2D eigenvalue weighted by molar-refractivity contribution is 0.0650.